The number of carboxylic acids is 1. The molecule has 8 heteroatoms. The summed E-state index contributed by atoms with van der Waals surface area (Å²) in [5.74, 6) is -1.65. The van der Waals surface area contributed by atoms with Gasteiger partial charge in [-0.05, 0) is 24.0 Å². The van der Waals surface area contributed by atoms with Crippen molar-refractivity contribution in [1.82, 2.24) is 9.38 Å². The van der Waals surface area contributed by atoms with Crippen molar-refractivity contribution in [2.45, 2.75) is 32.9 Å². The third kappa shape index (κ3) is 2.90. The molecule has 0 aliphatic carbocycles. The Labute approximate surface area is 145 Å². The first-order chi connectivity index (χ1) is 11.8. The summed E-state index contributed by atoms with van der Waals surface area (Å²) in [5.41, 5.74) is 0.0289. The zero-order valence-electron chi connectivity index (χ0n) is 13.5. The molecule has 0 amide bonds. The summed E-state index contributed by atoms with van der Waals surface area (Å²) in [7, 11) is 0. The van der Waals surface area contributed by atoms with Gasteiger partial charge in [0.1, 0.15) is 0 Å². The summed E-state index contributed by atoms with van der Waals surface area (Å²) in [6, 6.07) is 7.39. The molecule has 0 unspecified atom stereocenters. The van der Waals surface area contributed by atoms with Crippen LogP contribution in [-0.2, 0) is 19.0 Å². The number of hydrogen-bond donors (Lipinski definition) is 1. The molecular formula is C17H15F3N2O2S. The number of aryl methyl sites for hydroxylation is 2. The molecule has 0 aliphatic rings. The molecule has 3 aromatic rings. The Kier molecular flexibility index (Phi) is 4.32. The molecule has 25 heavy (non-hydrogen) atoms. The lowest BCUT2D eigenvalue weighted by atomic mass is 10.1. The van der Waals surface area contributed by atoms with Crippen LogP contribution in [0.2, 0.25) is 0 Å². The van der Waals surface area contributed by atoms with Gasteiger partial charge in [-0.3, -0.25) is 4.40 Å². The minimum Gasteiger partial charge on any atom is -0.476 e. The van der Waals surface area contributed by atoms with Gasteiger partial charge in [-0.25, -0.2) is 9.78 Å². The van der Waals surface area contributed by atoms with Gasteiger partial charge in [0.25, 0.3) is 0 Å². The van der Waals surface area contributed by atoms with Crippen LogP contribution in [-0.4, -0.2) is 20.5 Å². The molecule has 2 aromatic heterocycles. The molecular weight excluding hydrogens is 353 g/mol. The second-order valence-electron chi connectivity index (χ2n) is 5.51. The Bertz CT molecular complexity index is 940. The molecule has 132 valence electrons. The zero-order valence-corrected chi connectivity index (χ0v) is 14.3. The van der Waals surface area contributed by atoms with Gasteiger partial charge in [0.05, 0.1) is 5.69 Å². The highest BCUT2D eigenvalue weighted by atomic mass is 32.1. The van der Waals surface area contributed by atoms with E-state index in [1.807, 2.05) is 26.0 Å². The van der Waals surface area contributed by atoms with Gasteiger partial charge in [0.15, 0.2) is 16.3 Å². The van der Waals surface area contributed by atoms with Crippen molar-refractivity contribution >= 4 is 22.3 Å². The maximum absolute atomic E-state index is 13.2. The number of fused-ring (bicyclic) bond motifs is 1. The Morgan fingerprint density at radius 1 is 1.20 bits per heavy atom. The fourth-order valence-corrected chi connectivity index (χ4v) is 3.86. The second-order valence-corrected chi connectivity index (χ2v) is 6.57. The standard InChI is InChI=1S/C17H15F3N2O2S/c1-3-9-5-7-10(8-6-9)12-11(4-2)25-16-21-14(17(18,19)20)13(15(23)24)22(12)16/h5-8H,3-4H2,1-2H3,(H,23,24). The van der Waals surface area contributed by atoms with Crippen molar-refractivity contribution in [2.24, 2.45) is 0 Å². The Morgan fingerprint density at radius 2 is 1.84 bits per heavy atom. The number of thiazole rings is 1. The SMILES string of the molecule is CCc1ccc(-c2c(CC)sc3nc(C(F)(F)F)c(C(=O)O)n23)cc1. The normalized spacial score (nSPS) is 12.0. The number of nitrogens with zero attached hydrogens (tertiary/aromatic N) is 2. The Balaban J connectivity index is 2.36. The second kappa shape index (κ2) is 6.18. The van der Waals surface area contributed by atoms with Crippen LogP contribution in [0.15, 0.2) is 24.3 Å². The highest BCUT2D eigenvalue weighted by Crippen LogP contribution is 2.39. The lowest BCUT2D eigenvalue weighted by molar-refractivity contribution is -0.141. The van der Waals surface area contributed by atoms with Crippen molar-refractivity contribution in [3.8, 4) is 11.3 Å². The summed E-state index contributed by atoms with van der Waals surface area (Å²) in [4.78, 5) is 16.0. The van der Waals surface area contributed by atoms with Crippen molar-refractivity contribution in [1.29, 1.82) is 0 Å². The molecule has 0 atom stereocenters. The number of hydrogen-bond acceptors (Lipinski definition) is 3. The molecule has 2 heterocycles. The molecule has 0 bridgehead atoms. The molecule has 1 aromatic carbocycles. The highest BCUT2D eigenvalue weighted by molar-refractivity contribution is 7.17. The Morgan fingerprint density at radius 3 is 2.32 bits per heavy atom. The quantitative estimate of drug-likeness (QED) is 0.712. The van der Waals surface area contributed by atoms with E-state index in [1.165, 1.54) is 0 Å². The summed E-state index contributed by atoms with van der Waals surface area (Å²) in [5, 5.41) is 9.40. The largest absolute Gasteiger partial charge is 0.476 e. The minimum absolute atomic E-state index is 0.0381. The molecule has 0 saturated carbocycles. The van der Waals surface area contributed by atoms with E-state index in [-0.39, 0.29) is 4.96 Å². The van der Waals surface area contributed by atoms with E-state index in [1.54, 1.807) is 12.1 Å². The first-order valence-electron chi connectivity index (χ1n) is 7.71. The van der Waals surface area contributed by atoms with Crippen LogP contribution < -0.4 is 0 Å². The van der Waals surface area contributed by atoms with Gasteiger partial charge in [0, 0.05) is 4.88 Å². The molecule has 0 aliphatic heterocycles. The number of carbonyl (C=O) groups is 1. The van der Waals surface area contributed by atoms with Crippen LogP contribution in [0.3, 0.4) is 0 Å². The van der Waals surface area contributed by atoms with E-state index < -0.39 is 23.5 Å². The molecule has 3 rings (SSSR count). The number of halogens is 3. The average molecular weight is 368 g/mol. The first kappa shape index (κ1) is 17.5. The average Bonchev–Trinajstić information content (AvgIpc) is 3.09. The summed E-state index contributed by atoms with van der Waals surface area (Å²) in [6.07, 6.45) is -3.42. The number of imidazole rings is 1. The third-order valence-corrected chi connectivity index (χ3v) is 5.16. The van der Waals surface area contributed by atoms with E-state index >= 15 is 0 Å². The third-order valence-electron chi connectivity index (χ3n) is 3.98. The minimum atomic E-state index is -4.82. The lowest BCUT2D eigenvalue weighted by Crippen LogP contribution is -2.14. The zero-order chi connectivity index (χ0) is 18.4. The van der Waals surface area contributed by atoms with E-state index in [0.717, 1.165) is 32.6 Å². The van der Waals surface area contributed by atoms with Crippen molar-refractivity contribution < 1.29 is 23.1 Å². The van der Waals surface area contributed by atoms with Gasteiger partial charge in [-0.1, -0.05) is 38.1 Å². The predicted molar refractivity (Wildman–Crippen MR) is 89.2 cm³/mol. The van der Waals surface area contributed by atoms with Crippen molar-refractivity contribution in [2.75, 3.05) is 0 Å². The number of aromatic nitrogens is 2. The lowest BCUT2D eigenvalue weighted by Gasteiger charge is -2.08. The topological polar surface area (TPSA) is 54.6 Å². The number of alkyl halides is 3. The summed E-state index contributed by atoms with van der Waals surface area (Å²) >= 11 is 1.09. The molecule has 4 nitrogen and oxygen atoms in total. The van der Waals surface area contributed by atoms with E-state index in [4.69, 9.17) is 0 Å². The smallest absolute Gasteiger partial charge is 0.435 e. The fraction of sp³-hybridized carbons (Fsp3) is 0.294. The van der Waals surface area contributed by atoms with Crippen molar-refractivity contribution in [3.05, 3.63) is 46.1 Å². The van der Waals surface area contributed by atoms with Crippen LogP contribution >= 0.6 is 11.3 Å². The molecule has 0 spiro atoms. The van der Waals surface area contributed by atoms with E-state index in [2.05, 4.69) is 4.98 Å². The van der Waals surface area contributed by atoms with Gasteiger partial charge in [0.2, 0.25) is 0 Å². The monoisotopic (exact) mass is 368 g/mol. The maximum Gasteiger partial charge on any atom is 0.435 e. The number of carboxylic acid groups (broad SMARTS) is 1. The van der Waals surface area contributed by atoms with Gasteiger partial charge in [-0.15, -0.1) is 11.3 Å². The molecule has 1 N–H and O–H groups in total. The fourth-order valence-electron chi connectivity index (χ4n) is 2.78. The maximum atomic E-state index is 13.2. The number of rotatable bonds is 4. The van der Waals surface area contributed by atoms with Crippen LogP contribution in [0.1, 0.15) is 40.5 Å². The Hall–Kier alpha value is -2.35. The van der Waals surface area contributed by atoms with Crippen LogP contribution in [0.5, 0.6) is 0 Å². The molecule has 0 radical (unpaired) electrons. The molecule has 0 fully saturated rings. The van der Waals surface area contributed by atoms with E-state index in [0.29, 0.717) is 17.7 Å². The summed E-state index contributed by atoms with van der Waals surface area (Å²) < 4.78 is 40.7. The van der Waals surface area contributed by atoms with Crippen LogP contribution in [0.25, 0.3) is 16.2 Å². The van der Waals surface area contributed by atoms with E-state index in [9.17, 15) is 23.1 Å². The van der Waals surface area contributed by atoms with Gasteiger partial charge >= 0.3 is 12.1 Å². The summed E-state index contributed by atoms with van der Waals surface area (Å²) in [6.45, 7) is 3.88. The highest BCUT2D eigenvalue weighted by Gasteiger charge is 2.41. The van der Waals surface area contributed by atoms with Crippen molar-refractivity contribution in [3.63, 3.8) is 0 Å². The molecule has 0 saturated heterocycles. The predicted octanol–water partition coefficient (Wildman–Crippen LogP) is 4.90. The van der Waals surface area contributed by atoms with Gasteiger partial charge in [-0.2, -0.15) is 13.2 Å². The first-order valence-corrected chi connectivity index (χ1v) is 8.53. The van der Waals surface area contributed by atoms with Gasteiger partial charge < -0.3 is 5.11 Å². The number of aromatic carboxylic acids is 1. The van der Waals surface area contributed by atoms with Crippen LogP contribution in [0.4, 0.5) is 13.2 Å². The van der Waals surface area contributed by atoms with Crippen LogP contribution in [0, 0.1) is 0 Å². The number of benzene rings is 1.